The standard InChI is InChI=1S/C19H22F2O2/c1-2-3-4-5-6-13-7-9-14(10-8-13)15-11-16(20)18(19(22)23)17(21)12-15/h7,9,11-12H,2-6,8,10H2,1H3,(H,22,23). The predicted octanol–water partition coefficient (Wildman–Crippen LogP) is 5.74. The van der Waals surface area contributed by atoms with E-state index in [0.717, 1.165) is 37.0 Å². The first-order valence-electron chi connectivity index (χ1n) is 8.14. The number of carboxylic acids is 1. The first-order valence-corrected chi connectivity index (χ1v) is 8.14. The van der Waals surface area contributed by atoms with Crippen molar-refractivity contribution in [2.45, 2.75) is 51.9 Å². The molecule has 2 rings (SSSR count). The number of unbranched alkanes of at least 4 members (excludes halogenated alkanes) is 3. The molecular formula is C19H22F2O2. The highest BCUT2D eigenvalue weighted by molar-refractivity contribution is 5.89. The Labute approximate surface area is 135 Å². The third kappa shape index (κ3) is 4.50. The van der Waals surface area contributed by atoms with Gasteiger partial charge in [-0.05, 0) is 49.0 Å². The van der Waals surface area contributed by atoms with E-state index in [1.165, 1.54) is 31.3 Å². The molecule has 0 spiro atoms. The summed E-state index contributed by atoms with van der Waals surface area (Å²) in [6.07, 6.45) is 11.5. The molecule has 0 heterocycles. The van der Waals surface area contributed by atoms with Crippen LogP contribution in [0.25, 0.3) is 5.57 Å². The van der Waals surface area contributed by atoms with Gasteiger partial charge < -0.3 is 5.11 Å². The molecule has 0 fully saturated rings. The fraction of sp³-hybridized carbons (Fsp3) is 0.421. The number of carbonyl (C=O) groups is 1. The molecule has 0 unspecified atom stereocenters. The molecule has 2 nitrogen and oxygen atoms in total. The topological polar surface area (TPSA) is 37.3 Å². The maximum absolute atomic E-state index is 13.8. The van der Waals surface area contributed by atoms with Gasteiger partial charge in [-0.1, -0.05) is 43.9 Å². The number of halogens is 2. The van der Waals surface area contributed by atoms with Crippen LogP contribution in [0.2, 0.25) is 0 Å². The van der Waals surface area contributed by atoms with Crippen LogP contribution >= 0.6 is 0 Å². The van der Waals surface area contributed by atoms with Crippen LogP contribution in [0.4, 0.5) is 8.78 Å². The van der Waals surface area contributed by atoms with Crippen molar-refractivity contribution in [1.82, 2.24) is 0 Å². The first-order chi connectivity index (χ1) is 11.0. The molecule has 1 aromatic rings. The van der Waals surface area contributed by atoms with Gasteiger partial charge in [-0.15, -0.1) is 0 Å². The van der Waals surface area contributed by atoms with Crippen LogP contribution in [-0.4, -0.2) is 11.1 Å². The third-order valence-electron chi connectivity index (χ3n) is 4.21. The van der Waals surface area contributed by atoms with Gasteiger partial charge in [0.2, 0.25) is 0 Å². The fourth-order valence-electron chi connectivity index (χ4n) is 2.87. The Bertz CT molecular complexity index is 622. The summed E-state index contributed by atoms with van der Waals surface area (Å²) in [4.78, 5) is 10.8. The monoisotopic (exact) mass is 320 g/mol. The summed E-state index contributed by atoms with van der Waals surface area (Å²) >= 11 is 0. The van der Waals surface area contributed by atoms with Crippen LogP contribution in [0, 0.1) is 11.6 Å². The number of hydrogen-bond acceptors (Lipinski definition) is 1. The van der Waals surface area contributed by atoms with Crippen molar-refractivity contribution in [2.75, 3.05) is 0 Å². The Hall–Kier alpha value is -1.97. The zero-order valence-corrected chi connectivity index (χ0v) is 13.4. The van der Waals surface area contributed by atoms with Gasteiger partial charge in [0.25, 0.3) is 0 Å². The van der Waals surface area contributed by atoms with E-state index < -0.39 is 23.2 Å². The second kappa shape index (κ2) is 8.04. The van der Waals surface area contributed by atoms with Gasteiger partial charge in [0.1, 0.15) is 17.2 Å². The average molecular weight is 320 g/mol. The van der Waals surface area contributed by atoms with Gasteiger partial charge in [-0.3, -0.25) is 0 Å². The molecule has 23 heavy (non-hydrogen) atoms. The number of allylic oxidation sites excluding steroid dienone is 4. The lowest BCUT2D eigenvalue weighted by Gasteiger charge is -2.16. The second-order valence-electron chi connectivity index (χ2n) is 5.95. The van der Waals surface area contributed by atoms with E-state index in [2.05, 4.69) is 6.92 Å². The van der Waals surface area contributed by atoms with Crippen LogP contribution in [0.5, 0.6) is 0 Å². The minimum atomic E-state index is -1.58. The first kappa shape index (κ1) is 17.4. The summed E-state index contributed by atoms with van der Waals surface area (Å²) in [6, 6.07) is 2.22. The van der Waals surface area contributed by atoms with Crippen molar-refractivity contribution < 1.29 is 18.7 Å². The highest BCUT2D eigenvalue weighted by Crippen LogP contribution is 2.30. The number of aromatic carboxylic acids is 1. The Balaban J connectivity index is 2.10. The zero-order chi connectivity index (χ0) is 16.8. The van der Waals surface area contributed by atoms with Crippen molar-refractivity contribution in [3.05, 3.63) is 52.6 Å². The van der Waals surface area contributed by atoms with E-state index in [-0.39, 0.29) is 0 Å². The van der Waals surface area contributed by atoms with Crippen molar-refractivity contribution in [2.24, 2.45) is 0 Å². The van der Waals surface area contributed by atoms with Gasteiger partial charge in [-0.25, -0.2) is 13.6 Å². The van der Waals surface area contributed by atoms with Crippen LogP contribution < -0.4 is 0 Å². The highest BCUT2D eigenvalue weighted by Gasteiger charge is 2.19. The SMILES string of the molecule is CCCCCCC1=CC=C(c2cc(F)c(C(=O)O)c(F)c2)CC1. The van der Waals surface area contributed by atoms with Crippen molar-refractivity contribution in [3.8, 4) is 0 Å². The fourth-order valence-corrected chi connectivity index (χ4v) is 2.87. The quantitative estimate of drug-likeness (QED) is 0.651. The molecule has 124 valence electrons. The van der Waals surface area contributed by atoms with Crippen LogP contribution in [0.1, 0.15) is 67.8 Å². The van der Waals surface area contributed by atoms with E-state index in [9.17, 15) is 13.6 Å². The molecule has 1 aliphatic rings. The molecule has 0 amide bonds. The van der Waals surface area contributed by atoms with Gasteiger partial charge in [0.05, 0.1) is 0 Å². The Kier molecular flexibility index (Phi) is 6.08. The molecule has 0 radical (unpaired) electrons. The van der Waals surface area contributed by atoms with Crippen molar-refractivity contribution >= 4 is 11.5 Å². The molecule has 0 saturated heterocycles. The Morgan fingerprint density at radius 1 is 1.09 bits per heavy atom. The molecule has 0 bridgehead atoms. The summed E-state index contributed by atoms with van der Waals surface area (Å²) < 4.78 is 27.5. The average Bonchev–Trinajstić information content (AvgIpc) is 2.51. The zero-order valence-electron chi connectivity index (χ0n) is 13.4. The summed E-state index contributed by atoms with van der Waals surface area (Å²) in [6.45, 7) is 2.18. The smallest absolute Gasteiger partial charge is 0.341 e. The van der Waals surface area contributed by atoms with Crippen LogP contribution in [-0.2, 0) is 0 Å². The van der Waals surface area contributed by atoms with Crippen LogP contribution in [0.3, 0.4) is 0 Å². The van der Waals surface area contributed by atoms with E-state index in [0.29, 0.717) is 5.56 Å². The maximum Gasteiger partial charge on any atom is 0.341 e. The van der Waals surface area contributed by atoms with Gasteiger partial charge in [0, 0.05) is 0 Å². The second-order valence-corrected chi connectivity index (χ2v) is 5.95. The molecule has 1 aromatic carbocycles. The number of benzene rings is 1. The normalized spacial score (nSPS) is 14.4. The summed E-state index contributed by atoms with van der Waals surface area (Å²) in [5.74, 6) is -3.64. The van der Waals surface area contributed by atoms with E-state index in [1.54, 1.807) is 0 Å². The lowest BCUT2D eigenvalue weighted by Crippen LogP contribution is -2.06. The minimum absolute atomic E-state index is 0.422. The molecule has 0 aromatic heterocycles. The van der Waals surface area contributed by atoms with E-state index in [1.807, 2.05) is 12.2 Å². The van der Waals surface area contributed by atoms with Gasteiger partial charge >= 0.3 is 5.97 Å². The third-order valence-corrected chi connectivity index (χ3v) is 4.21. The summed E-state index contributed by atoms with van der Waals surface area (Å²) in [5, 5.41) is 8.80. The molecule has 0 atom stereocenters. The Morgan fingerprint density at radius 3 is 2.30 bits per heavy atom. The molecule has 0 aliphatic heterocycles. The maximum atomic E-state index is 13.8. The predicted molar refractivity (Wildman–Crippen MR) is 87.4 cm³/mol. The van der Waals surface area contributed by atoms with Gasteiger partial charge in [0.15, 0.2) is 0 Å². The lowest BCUT2D eigenvalue weighted by atomic mass is 9.90. The largest absolute Gasteiger partial charge is 0.477 e. The lowest BCUT2D eigenvalue weighted by molar-refractivity contribution is 0.0686. The molecule has 1 N–H and O–H groups in total. The van der Waals surface area contributed by atoms with E-state index >= 15 is 0 Å². The van der Waals surface area contributed by atoms with Crippen LogP contribution in [0.15, 0.2) is 29.9 Å². The van der Waals surface area contributed by atoms with Crippen molar-refractivity contribution in [1.29, 1.82) is 0 Å². The van der Waals surface area contributed by atoms with E-state index in [4.69, 9.17) is 5.11 Å². The molecular weight excluding hydrogens is 298 g/mol. The minimum Gasteiger partial charge on any atom is -0.477 e. The highest BCUT2D eigenvalue weighted by atomic mass is 19.1. The summed E-state index contributed by atoms with van der Waals surface area (Å²) in [5.41, 5.74) is 1.74. The molecule has 1 aliphatic carbocycles. The molecule has 4 heteroatoms. The Morgan fingerprint density at radius 2 is 1.78 bits per heavy atom. The number of carboxylic acid groups (broad SMARTS) is 1. The van der Waals surface area contributed by atoms with Crippen molar-refractivity contribution in [3.63, 3.8) is 0 Å². The number of hydrogen-bond donors (Lipinski definition) is 1. The summed E-state index contributed by atoms with van der Waals surface area (Å²) in [7, 11) is 0. The molecule has 0 saturated carbocycles. The van der Waals surface area contributed by atoms with Gasteiger partial charge in [-0.2, -0.15) is 0 Å². The number of rotatable bonds is 7.